The van der Waals surface area contributed by atoms with Gasteiger partial charge in [-0.2, -0.15) is 0 Å². The summed E-state index contributed by atoms with van der Waals surface area (Å²) in [7, 11) is 0. The molecule has 1 aliphatic rings. The Kier molecular flexibility index (Phi) is 4.64. The molecule has 0 spiro atoms. The van der Waals surface area contributed by atoms with Crippen molar-refractivity contribution in [2.75, 3.05) is 13.1 Å². The molecule has 0 saturated carbocycles. The summed E-state index contributed by atoms with van der Waals surface area (Å²) < 4.78 is 0. The summed E-state index contributed by atoms with van der Waals surface area (Å²) >= 11 is 0. The quantitative estimate of drug-likeness (QED) is 0.818. The molecule has 88 valence electrons. The van der Waals surface area contributed by atoms with Gasteiger partial charge in [0.15, 0.2) is 0 Å². The normalized spacial score (nSPS) is 19.3. The van der Waals surface area contributed by atoms with Crippen LogP contribution in [0.15, 0.2) is 18.6 Å². The first-order valence-electron chi connectivity index (χ1n) is 5.10. The molecule has 2 heterocycles. The van der Waals surface area contributed by atoms with Gasteiger partial charge in [0.2, 0.25) is 0 Å². The SMILES string of the molecule is Cl.NCC1CCCN1C(=O)c1cnccn1. The number of likely N-dealkylation sites (tertiary alicyclic amines) is 1. The van der Waals surface area contributed by atoms with Crippen LogP contribution in [0.2, 0.25) is 0 Å². The van der Waals surface area contributed by atoms with Crippen molar-refractivity contribution in [2.24, 2.45) is 5.73 Å². The molecule has 1 atom stereocenters. The molecule has 0 aromatic carbocycles. The van der Waals surface area contributed by atoms with Gasteiger partial charge in [0.05, 0.1) is 6.20 Å². The van der Waals surface area contributed by atoms with Crippen molar-refractivity contribution >= 4 is 18.3 Å². The third kappa shape index (κ3) is 2.48. The predicted molar refractivity (Wildman–Crippen MR) is 62.4 cm³/mol. The van der Waals surface area contributed by atoms with Gasteiger partial charge in [-0.25, -0.2) is 4.98 Å². The fraction of sp³-hybridized carbons (Fsp3) is 0.500. The topological polar surface area (TPSA) is 72.1 Å². The second-order valence-electron chi connectivity index (χ2n) is 3.62. The summed E-state index contributed by atoms with van der Waals surface area (Å²) in [6, 6.07) is 0.166. The van der Waals surface area contributed by atoms with E-state index < -0.39 is 0 Å². The van der Waals surface area contributed by atoms with Crippen molar-refractivity contribution < 1.29 is 4.79 Å². The number of amides is 1. The van der Waals surface area contributed by atoms with Gasteiger partial charge < -0.3 is 10.6 Å². The Balaban J connectivity index is 0.00000128. The number of hydrogen-bond donors (Lipinski definition) is 1. The first-order valence-corrected chi connectivity index (χ1v) is 5.10. The Hall–Kier alpha value is -1.20. The summed E-state index contributed by atoms with van der Waals surface area (Å²) in [5.74, 6) is -0.0592. The van der Waals surface area contributed by atoms with Crippen LogP contribution in [-0.4, -0.2) is 39.9 Å². The second kappa shape index (κ2) is 5.77. The minimum Gasteiger partial charge on any atom is -0.333 e. The number of rotatable bonds is 2. The van der Waals surface area contributed by atoms with Gasteiger partial charge in [-0.1, -0.05) is 0 Å². The lowest BCUT2D eigenvalue weighted by atomic mass is 10.2. The van der Waals surface area contributed by atoms with Crippen LogP contribution in [0.1, 0.15) is 23.3 Å². The molecule has 1 fully saturated rings. The van der Waals surface area contributed by atoms with Gasteiger partial charge in [0.25, 0.3) is 5.91 Å². The Labute approximate surface area is 100 Å². The average molecular weight is 243 g/mol. The number of aromatic nitrogens is 2. The van der Waals surface area contributed by atoms with Crippen LogP contribution in [0.5, 0.6) is 0 Å². The minimum atomic E-state index is -0.0592. The van der Waals surface area contributed by atoms with E-state index in [1.165, 1.54) is 12.4 Å². The zero-order chi connectivity index (χ0) is 10.7. The highest BCUT2D eigenvalue weighted by Gasteiger charge is 2.28. The zero-order valence-electron chi connectivity index (χ0n) is 8.87. The van der Waals surface area contributed by atoms with Crippen LogP contribution in [0.25, 0.3) is 0 Å². The molecule has 1 aromatic heterocycles. The van der Waals surface area contributed by atoms with Crippen molar-refractivity contribution in [1.82, 2.24) is 14.9 Å². The van der Waals surface area contributed by atoms with Crippen LogP contribution < -0.4 is 5.73 Å². The lowest BCUT2D eigenvalue weighted by molar-refractivity contribution is 0.0735. The lowest BCUT2D eigenvalue weighted by Gasteiger charge is -2.22. The third-order valence-electron chi connectivity index (χ3n) is 2.69. The number of nitrogens with zero attached hydrogens (tertiary/aromatic N) is 3. The molecule has 16 heavy (non-hydrogen) atoms. The van der Waals surface area contributed by atoms with Crippen molar-refractivity contribution in [3.63, 3.8) is 0 Å². The Morgan fingerprint density at radius 2 is 2.38 bits per heavy atom. The maximum atomic E-state index is 12.0. The summed E-state index contributed by atoms with van der Waals surface area (Å²) in [4.78, 5) is 21.7. The number of carbonyl (C=O) groups is 1. The predicted octanol–water partition coefficient (Wildman–Crippen LogP) is 0.462. The van der Waals surface area contributed by atoms with Gasteiger partial charge in [-0.05, 0) is 12.8 Å². The average Bonchev–Trinajstić information content (AvgIpc) is 2.77. The molecule has 0 bridgehead atoms. The third-order valence-corrected chi connectivity index (χ3v) is 2.69. The second-order valence-corrected chi connectivity index (χ2v) is 3.62. The van der Waals surface area contributed by atoms with Crippen LogP contribution in [-0.2, 0) is 0 Å². The van der Waals surface area contributed by atoms with Crippen LogP contribution in [0.4, 0.5) is 0 Å². The number of halogens is 1. The molecule has 1 unspecified atom stereocenters. The van der Waals surface area contributed by atoms with E-state index in [1.807, 2.05) is 0 Å². The Morgan fingerprint density at radius 1 is 1.56 bits per heavy atom. The van der Waals surface area contributed by atoms with Crippen LogP contribution in [0, 0.1) is 0 Å². The van der Waals surface area contributed by atoms with Crippen molar-refractivity contribution in [3.8, 4) is 0 Å². The van der Waals surface area contributed by atoms with Crippen LogP contribution >= 0.6 is 12.4 Å². The monoisotopic (exact) mass is 242 g/mol. The molecule has 5 nitrogen and oxygen atoms in total. The van der Waals surface area contributed by atoms with E-state index in [0.29, 0.717) is 12.2 Å². The van der Waals surface area contributed by atoms with E-state index in [9.17, 15) is 4.79 Å². The summed E-state index contributed by atoms with van der Waals surface area (Å²) in [6.45, 7) is 1.29. The van der Waals surface area contributed by atoms with E-state index in [2.05, 4.69) is 9.97 Å². The van der Waals surface area contributed by atoms with E-state index in [0.717, 1.165) is 19.4 Å². The largest absolute Gasteiger partial charge is 0.333 e. The highest BCUT2D eigenvalue weighted by molar-refractivity contribution is 5.92. The zero-order valence-corrected chi connectivity index (χ0v) is 9.69. The maximum Gasteiger partial charge on any atom is 0.274 e. The first-order chi connectivity index (χ1) is 7.33. The molecule has 1 saturated heterocycles. The number of carbonyl (C=O) groups excluding carboxylic acids is 1. The summed E-state index contributed by atoms with van der Waals surface area (Å²) in [5, 5.41) is 0. The van der Waals surface area contributed by atoms with Gasteiger partial charge in [0, 0.05) is 31.5 Å². The van der Waals surface area contributed by atoms with Crippen molar-refractivity contribution in [1.29, 1.82) is 0 Å². The fourth-order valence-corrected chi connectivity index (χ4v) is 1.90. The van der Waals surface area contributed by atoms with Gasteiger partial charge in [-0.15, -0.1) is 12.4 Å². The minimum absolute atomic E-state index is 0. The highest BCUT2D eigenvalue weighted by Crippen LogP contribution is 2.17. The molecule has 0 radical (unpaired) electrons. The molecule has 0 aliphatic carbocycles. The molecule has 1 aliphatic heterocycles. The van der Waals surface area contributed by atoms with Gasteiger partial charge in [0.1, 0.15) is 5.69 Å². The van der Waals surface area contributed by atoms with E-state index in [-0.39, 0.29) is 24.4 Å². The molecule has 1 aromatic rings. The number of hydrogen-bond acceptors (Lipinski definition) is 4. The van der Waals surface area contributed by atoms with Crippen molar-refractivity contribution in [3.05, 3.63) is 24.3 Å². The smallest absolute Gasteiger partial charge is 0.274 e. The molecule has 1 amide bonds. The molecular formula is C10H15ClN4O. The van der Waals surface area contributed by atoms with E-state index in [1.54, 1.807) is 11.1 Å². The summed E-state index contributed by atoms with van der Waals surface area (Å²) in [5.41, 5.74) is 6.01. The maximum absolute atomic E-state index is 12.0. The van der Waals surface area contributed by atoms with E-state index in [4.69, 9.17) is 5.73 Å². The highest BCUT2D eigenvalue weighted by atomic mass is 35.5. The van der Waals surface area contributed by atoms with Crippen LogP contribution in [0.3, 0.4) is 0 Å². The molecular weight excluding hydrogens is 228 g/mol. The Morgan fingerprint density at radius 3 is 3.00 bits per heavy atom. The molecule has 2 rings (SSSR count). The standard InChI is InChI=1S/C10H14N4O.ClH/c11-6-8-2-1-5-14(8)10(15)9-7-12-3-4-13-9;/h3-4,7-8H,1-2,5-6,11H2;1H. The lowest BCUT2D eigenvalue weighted by Crippen LogP contribution is -2.40. The number of nitrogens with two attached hydrogens (primary N) is 1. The first kappa shape index (κ1) is 12.9. The van der Waals surface area contributed by atoms with Crippen molar-refractivity contribution in [2.45, 2.75) is 18.9 Å². The van der Waals surface area contributed by atoms with E-state index >= 15 is 0 Å². The Bertz CT molecular complexity index is 346. The van der Waals surface area contributed by atoms with Gasteiger partial charge in [-0.3, -0.25) is 9.78 Å². The molecule has 2 N–H and O–H groups in total. The summed E-state index contributed by atoms with van der Waals surface area (Å²) in [6.07, 6.45) is 6.59. The fourth-order valence-electron chi connectivity index (χ4n) is 1.90. The molecule has 6 heteroatoms. The van der Waals surface area contributed by atoms with Gasteiger partial charge >= 0.3 is 0 Å².